The molecule has 0 radical (unpaired) electrons. The monoisotopic (exact) mass is 273 g/mol. The second-order valence-electron chi connectivity index (χ2n) is 6.51. The van der Waals surface area contributed by atoms with E-state index in [-0.39, 0.29) is 24.2 Å². The van der Waals surface area contributed by atoms with Crippen LogP contribution in [0.5, 0.6) is 0 Å². The van der Waals surface area contributed by atoms with Crippen molar-refractivity contribution in [2.45, 2.75) is 51.7 Å². The second-order valence-corrected chi connectivity index (χ2v) is 6.51. The molecule has 4 nitrogen and oxygen atoms in total. The van der Waals surface area contributed by atoms with E-state index in [0.717, 1.165) is 23.1 Å². The van der Waals surface area contributed by atoms with Gasteiger partial charge >= 0.3 is 7.12 Å². The van der Waals surface area contributed by atoms with Crippen LogP contribution >= 0.6 is 0 Å². The lowest BCUT2D eigenvalue weighted by molar-refractivity contribution is -0.116. The molecular weight excluding hydrogens is 253 g/mol. The molecule has 3 rings (SSSR count). The van der Waals surface area contributed by atoms with Gasteiger partial charge in [0.2, 0.25) is 5.91 Å². The fourth-order valence-corrected chi connectivity index (χ4v) is 2.64. The zero-order valence-electron chi connectivity index (χ0n) is 12.4. The number of rotatable bonds is 1. The van der Waals surface area contributed by atoms with Gasteiger partial charge < -0.3 is 14.6 Å². The van der Waals surface area contributed by atoms with Gasteiger partial charge in [-0.25, -0.2) is 0 Å². The van der Waals surface area contributed by atoms with E-state index in [9.17, 15) is 4.79 Å². The molecular formula is C15H20BNO3. The zero-order chi connectivity index (χ0) is 14.5. The molecule has 1 saturated heterocycles. The molecule has 20 heavy (non-hydrogen) atoms. The van der Waals surface area contributed by atoms with Gasteiger partial charge in [0.25, 0.3) is 0 Å². The Labute approximate surface area is 120 Å². The Bertz CT molecular complexity index is 552. The Hall–Kier alpha value is -1.33. The summed E-state index contributed by atoms with van der Waals surface area (Å²) in [7, 11) is -0.370. The maximum atomic E-state index is 11.5. The van der Waals surface area contributed by atoms with Gasteiger partial charge in [0.1, 0.15) is 0 Å². The summed E-state index contributed by atoms with van der Waals surface area (Å²) in [5, 5.41) is 2.92. The van der Waals surface area contributed by atoms with Crippen LogP contribution in [0.25, 0.3) is 0 Å². The maximum Gasteiger partial charge on any atom is 0.495 e. The summed E-state index contributed by atoms with van der Waals surface area (Å²) in [6.45, 7) is 8.18. The predicted octanol–water partition coefficient (Wildman–Crippen LogP) is 1.87. The number of anilines is 1. The van der Waals surface area contributed by atoms with Crippen LogP contribution < -0.4 is 10.8 Å². The van der Waals surface area contributed by atoms with Gasteiger partial charge in [-0.05, 0) is 51.2 Å². The number of hydrogen-bond donors (Lipinski definition) is 1. The second kappa shape index (κ2) is 4.33. The number of nitrogens with one attached hydrogen (secondary N) is 1. The van der Waals surface area contributed by atoms with E-state index in [1.54, 1.807) is 0 Å². The molecule has 2 heterocycles. The molecule has 2 aliphatic rings. The summed E-state index contributed by atoms with van der Waals surface area (Å²) < 4.78 is 12.2. The predicted molar refractivity (Wildman–Crippen MR) is 79.1 cm³/mol. The molecule has 1 aromatic carbocycles. The van der Waals surface area contributed by atoms with E-state index in [4.69, 9.17) is 9.31 Å². The Balaban J connectivity index is 1.97. The zero-order valence-corrected chi connectivity index (χ0v) is 12.4. The number of carbonyl (C=O) groups is 1. The Morgan fingerprint density at radius 2 is 1.75 bits per heavy atom. The highest BCUT2D eigenvalue weighted by molar-refractivity contribution is 6.62. The van der Waals surface area contributed by atoms with Gasteiger partial charge in [-0.3, -0.25) is 4.79 Å². The summed E-state index contributed by atoms with van der Waals surface area (Å²) >= 11 is 0. The lowest BCUT2D eigenvalue weighted by Crippen LogP contribution is -2.41. The molecule has 1 fully saturated rings. The van der Waals surface area contributed by atoms with Crippen LogP contribution in [0, 0.1) is 0 Å². The number of hydrogen-bond acceptors (Lipinski definition) is 3. The standard InChI is InChI=1S/C15H20BNO3/c1-14(2)15(3,4)20-16(19-14)11-6-5-7-12-10(11)8-9-13(18)17-12/h5-7H,8-9H2,1-4H3,(H,17,18). The van der Waals surface area contributed by atoms with Gasteiger partial charge in [-0.1, -0.05) is 12.1 Å². The minimum atomic E-state index is -0.370. The van der Waals surface area contributed by atoms with Gasteiger partial charge in [0.15, 0.2) is 0 Å². The van der Waals surface area contributed by atoms with Crippen molar-refractivity contribution in [1.29, 1.82) is 0 Å². The van der Waals surface area contributed by atoms with Crippen molar-refractivity contribution in [2.24, 2.45) is 0 Å². The fourth-order valence-electron chi connectivity index (χ4n) is 2.64. The van der Waals surface area contributed by atoms with E-state index < -0.39 is 0 Å². The molecule has 5 heteroatoms. The molecule has 0 bridgehead atoms. The highest BCUT2D eigenvalue weighted by Crippen LogP contribution is 2.37. The van der Waals surface area contributed by atoms with Gasteiger partial charge in [-0.15, -0.1) is 0 Å². The normalized spacial score (nSPS) is 23.4. The third-order valence-electron chi connectivity index (χ3n) is 4.60. The first-order chi connectivity index (χ1) is 9.30. The van der Waals surface area contributed by atoms with Crippen molar-refractivity contribution >= 4 is 24.2 Å². The third kappa shape index (κ3) is 2.05. The van der Waals surface area contributed by atoms with E-state index in [2.05, 4.69) is 5.32 Å². The third-order valence-corrected chi connectivity index (χ3v) is 4.60. The molecule has 0 aromatic heterocycles. The molecule has 0 aliphatic carbocycles. The average molecular weight is 273 g/mol. The minimum Gasteiger partial charge on any atom is -0.399 e. The van der Waals surface area contributed by atoms with Crippen LogP contribution in [0.1, 0.15) is 39.7 Å². The Kier molecular flexibility index (Phi) is 2.96. The lowest BCUT2D eigenvalue weighted by Gasteiger charge is -2.32. The first-order valence-corrected chi connectivity index (χ1v) is 7.07. The largest absolute Gasteiger partial charge is 0.495 e. The van der Waals surface area contributed by atoms with Crippen molar-refractivity contribution in [3.63, 3.8) is 0 Å². The SMILES string of the molecule is CC1(C)OB(c2cccc3c2CCC(=O)N3)OC1(C)C. The first kappa shape index (κ1) is 13.6. The van der Waals surface area contributed by atoms with Crippen molar-refractivity contribution in [3.8, 4) is 0 Å². The van der Waals surface area contributed by atoms with Crippen LogP contribution in [-0.2, 0) is 20.5 Å². The molecule has 0 saturated carbocycles. The summed E-state index contributed by atoms with van der Waals surface area (Å²) in [6, 6.07) is 5.89. The molecule has 0 spiro atoms. The molecule has 1 amide bonds. The van der Waals surface area contributed by atoms with E-state index in [1.165, 1.54) is 0 Å². The summed E-state index contributed by atoms with van der Waals surface area (Å²) in [6.07, 6.45) is 1.25. The highest BCUT2D eigenvalue weighted by Gasteiger charge is 2.52. The van der Waals surface area contributed by atoms with Crippen LogP contribution in [0.2, 0.25) is 0 Å². The van der Waals surface area contributed by atoms with Crippen molar-refractivity contribution in [3.05, 3.63) is 23.8 Å². The van der Waals surface area contributed by atoms with Crippen molar-refractivity contribution in [2.75, 3.05) is 5.32 Å². The summed E-state index contributed by atoms with van der Waals surface area (Å²) in [5.41, 5.74) is 2.34. The molecule has 2 aliphatic heterocycles. The Morgan fingerprint density at radius 1 is 1.10 bits per heavy atom. The highest BCUT2D eigenvalue weighted by atomic mass is 16.7. The molecule has 0 unspecified atom stereocenters. The van der Waals surface area contributed by atoms with E-state index in [0.29, 0.717) is 6.42 Å². The molecule has 106 valence electrons. The number of amides is 1. The summed E-state index contributed by atoms with van der Waals surface area (Å²) in [5.74, 6) is 0.0727. The first-order valence-electron chi connectivity index (χ1n) is 7.07. The molecule has 1 N–H and O–H groups in total. The quantitative estimate of drug-likeness (QED) is 0.795. The van der Waals surface area contributed by atoms with Gasteiger partial charge in [0.05, 0.1) is 11.2 Å². The molecule has 1 aromatic rings. The minimum absolute atomic E-state index is 0.0727. The molecule has 0 atom stereocenters. The van der Waals surface area contributed by atoms with Crippen LogP contribution in [0.3, 0.4) is 0 Å². The maximum absolute atomic E-state index is 11.5. The lowest BCUT2D eigenvalue weighted by atomic mass is 9.74. The van der Waals surface area contributed by atoms with Crippen LogP contribution in [-0.4, -0.2) is 24.2 Å². The van der Waals surface area contributed by atoms with Crippen molar-refractivity contribution < 1.29 is 14.1 Å². The number of carbonyl (C=O) groups excluding carboxylic acids is 1. The Morgan fingerprint density at radius 3 is 2.40 bits per heavy atom. The van der Waals surface area contributed by atoms with Crippen molar-refractivity contribution in [1.82, 2.24) is 0 Å². The van der Waals surface area contributed by atoms with Crippen LogP contribution in [0.15, 0.2) is 18.2 Å². The average Bonchev–Trinajstić information content (AvgIpc) is 2.57. The van der Waals surface area contributed by atoms with Gasteiger partial charge in [-0.2, -0.15) is 0 Å². The fraction of sp³-hybridized carbons (Fsp3) is 0.533. The van der Waals surface area contributed by atoms with Crippen LogP contribution in [0.4, 0.5) is 5.69 Å². The smallest absolute Gasteiger partial charge is 0.399 e. The van der Waals surface area contributed by atoms with E-state index >= 15 is 0 Å². The van der Waals surface area contributed by atoms with E-state index in [1.807, 2.05) is 45.9 Å². The van der Waals surface area contributed by atoms with Gasteiger partial charge in [0, 0.05) is 12.1 Å². The topological polar surface area (TPSA) is 47.6 Å². The number of fused-ring (bicyclic) bond motifs is 1. The summed E-state index contributed by atoms with van der Waals surface area (Å²) in [4.78, 5) is 11.5. The number of benzene rings is 1.